The van der Waals surface area contributed by atoms with Gasteiger partial charge in [-0.05, 0) is 67.8 Å². The summed E-state index contributed by atoms with van der Waals surface area (Å²) in [6.45, 7) is -2.12. The van der Waals surface area contributed by atoms with Crippen molar-refractivity contribution in [2.24, 2.45) is 0 Å². The van der Waals surface area contributed by atoms with E-state index in [-0.39, 0.29) is 29.9 Å². The predicted octanol–water partition coefficient (Wildman–Crippen LogP) is -0.739. The van der Waals surface area contributed by atoms with E-state index in [0.29, 0.717) is 10.7 Å². The minimum absolute atomic E-state index is 0.0963. The first-order valence-corrected chi connectivity index (χ1v) is 11.4. The van der Waals surface area contributed by atoms with E-state index in [9.17, 15) is 29.7 Å². The molecule has 0 aliphatic rings. The quantitative estimate of drug-likeness (QED) is 0.182. The standard InChI is InChI=1S/C16H20I3N3O7/c1-20-15(28)9-11(17)10(16(29)21-4-7(26)5-24)13(19)14(12(9)18)22(2-3-23)8(27)6-25/h7,23-26H,2-6H2,1H3,(H,20,28)(H,21,29). The zero-order valence-electron chi connectivity index (χ0n) is 15.2. The van der Waals surface area contributed by atoms with Gasteiger partial charge in [-0.25, -0.2) is 0 Å². The molecule has 1 atom stereocenters. The van der Waals surface area contributed by atoms with Gasteiger partial charge in [0.25, 0.3) is 17.7 Å². The van der Waals surface area contributed by atoms with Crippen molar-refractivity contribution in [2.75, 3.05) is 44.9 Å². The fraction of sp³-hybridized carbons (Fsp3) is 0.438. The first-order valence-electron chi connectivity index (χ1n) is 8.17. The van der Waals surface area contributed by atoms with Crippen molar-refractivity contribution in [3.63, 3.8) is 0 Å². The van der Waals surface area contributed by atoms with Crippen LogP contribution in [0.25, 0.3) is 0 Å². The average molecular weight is 747 g/mol. The minimum atomic E-state index is -1.15. The van der Waals surface area contributed by atoms with Gasteiger partial charge in [-0.1, -0.05) is 0 Å². The van der Waals surface area contributed by atoms with Crippen LogP contribution in [0.3, 0.4) is 0 Å². The van der Waals surface area contributed by atoms with E-state index in [1.165, 1.54) is 7.05 Å². The lowest BCUT2D eigenvalue weighted by Gasteiger charge is -2.27. The summed E-state index contributed by atoms with van der Waals surface area (Å²) in [5.41, 5.74) is 0.468. The van der Waals surface area contributed by atoms with E-state index in [1.807, 2.05) is 67.8 Å². The summed E-state index contributed by atoms with van der Waals surface area (Å²) >= 11 is 5.60. The van der Waals surface area contributed by atoms with E-state index < -0.39 is 43.6 Å². The van der Waals surface area contributed by atoms with Gasteiger partial charge in [-0.3, -0.25) is 14.4 Å². The van der Waals surface area contributed by atoms with Crippen molar-refractivity contribution in [3.8, 4) is 0 Å². The molecular formula is C16H20I3N3O7. The lowest BCUT2D eigenvalue weighted by Crippen LogP contribution is -2.39. The Morgan fingerprint density at radius 3 is 2.00 bits per heavy atom. The third-order valence-electron chi connectivity index (χ3n) is 3.71. The molecule has 1 aromatic carbocycles. The predicted molar refractivity (Wildman–Crippen MR) is 130 cm³/mol. The maximum atomic E-state index is 12.8. The maximum Gasteiger partial charge on any atom is 0.253 e. The Morgan fingerprint density at radius 1 is 1.00 bits per heavy atom. The van der Waals surface area contributed by atoms with Gasteiger partial charge in [0.05, 0.1) is 43.3 Å². The van der Waals surface area contributed by atoms with Crippen LogP contribution < -0.4 is 15.5 Å². The zero-order chi connectivity index (χ0) is 22.3. The molecule has 1 unspecified atom stereocenters. The number of aliphatic hydroxyl groups is 4. The van der Waals surface area contributed by atoms with Crippen molar-refractivity contribution in [1.82, 2.24) is 10.6 Å². The number of nitrogens with one attached hydrogen (secondary N) is 2. The van der Waals surface area contributed by atoms with Crippen LogP contribution in [-0.4, -0.2) is 84.2 Å². The number of carbonyl (C=O) groups excluding carboxylic acids is 3. The number of hydrogen-bond acceptors (Lipinski definition) is 7. The molecule has 0 fully saturated rings. The van der Waals surface area contributed by atoms with Crippen LogP contribution in [0.5, 0.6) is 0 Å². The fourth-order valence-corrected chi connectivity index (χ4v) is 7.05. The number of aliphatic hydroxyl groups excluding tert-OH is 4. The van der Waals surface area contributed by atoms with Gasteiger partial charge < -0.3 is 36.0 Å². The second-order valence-corrected chi connectivity index (χ2v) is 8.83. The molecule has 1 rings (SSSR count). The molecule has 29 heavy (non-hydrogen) atoms. The highest BCUT2D eigenvalue weighted by Crippen LogP contribution is 2.38. The van der Waals surface area contributed by atoms with Crippen LogP contribution in [0.2, 0.25) is 0 Å². The highest BCUT2D eigenvalue weighted by molar-refractivity contribution is 14.1. The molecule has 0 radical (unpaired) electrons. The lowest BCUT2D eigenvalue weighted by molar-refractivity contribution is -0.121. The smallest absolute Gasteiger partial charge is 0.253 e. The zero-order valence-corrected chi connectivity index (χ0v) is 21.7. The Kier molecular flexibility index (Phi) is 11.5. The molecule has 3 amide bonds. The third kappa shape index (κ3) is 6.33. The van der Waals surface area contributed by atoms with Gasteiger partial charge in [-0.2, -0.15) is 0 Å². The van der Waals surface area contributed by atoms with Gasteiger partial charge in [-0.15, -0.1) is 0 Å². The summed E-state index contributed by atoms with van der Waals surface area (Å²) in [6, 6.07) is 0. The van der Waals surface area contributed by atoms with Crippen LogP contribution in [0, 0.1) is 10.7 Å². The monoisotopic (exact) mass is 747 g/mol. The Labute approximate surface area is 207 Å². The van der Waals surface area contributed by atoms with Crippen molar-refractivity contribution in [3.05, 3.63) is 21.8 Å². The van der Waals surface area contributed by atoms with E-state index in [0.717, 1.165) is 4.90 Å². The van der Waals surface area contributed by atoms with E-state index in [4.69, 9.17) is 5.11 Å². The molecule has 0 aromatic heterocycles. The molecular weight excluding hydrogens is 727 g/mol. The van der Waals surface area contributed by atoms with E-state index in [1.54, 1.807) is 0 Å². The number of rotatable bonds is 9. The molecule has 0 bridgehead atoms. The third-order valence-corrected chi connectivity index (χ3v) is 6.89. The van der Waals surface area contributed by atoms with E-state index >= 15 is 0 Å². The summed E-state index contributed by atoms with van der Waals surface area (Å²) in [6.07, 6.45) is -1.15. The van der Waals surface area contributed by atoms with Gasteiger partial charge in [0.1, 0.15) is 6.61 Å². The highest BCUT2D eigenvalue weighted by atomic mass is 127. The number of carbonyl (C=O) groups is 3. The number of halogens is 3. The lowest BCUT2D eigenvalue weighted by atomic mass is 10.1. The molecule has 1 aromatic rings. The molecule has 0 aliphatic carbocycles. The largest absolute Gasteiger partial charge is 0.395 e. The molecule has 0 aliphatic heterocycles. The molecule has 0 saturated heterocycles. The summed E-state index contributed by atoms with van der Waals surface area (Å²) < 4.78 is 1.03. The number of hydrogen-bond donors (Lipinski definition) is 6. The number of nitrogens with zero attached hydrogens (tertiary/aromatic N) is 1. The summed E-state index contributed by atoms with van der Waals surface area (Å²) in [5, 5.41) is 42.1. The maximum absolute atomic E-state index is 12.8. The van der Waals surface area contributed by atoms with Crippen LogP contribution in [-0.2, 0) is 4.79 Å². The van der Waals surface area contributed by atoms with Gasteiger partial charge in [0.2, 0.25) is 0 Å². The molecule has 0 saturated carbocycles. The molecule has 0 spiro atoms. The van der Waals surface area contributed by atoms with E-state index in [2.05, 4.69) is 10.6 Å². The molecule has 0 heterocycles. The first kappa shape index (κ1) is 26.7. The topological polar surface area (TPSA) is 159 Å². The first-order chi connectivity index (χ1) is 13.7. The normalized spacial score (nSPS) is 11.7. The molecule has 6 N–H and O–H groups in total. The Hall–Kier alpha value is -0.340. The number of benzene rings is 1. The van der Waals surface area contributed by atoms with Crippen molar-refractivity contribution < 1.29 is 34.8 Å². The van der Waals surface area contributed by atoms with Gasteiger partial charge in [0.15, 0.2) is 0 Å². The van der Waals surface area contributed by atoms with Crippen molar-refractivity contribution >= 4 is 91.2 Å². The molecule has 10 nitrogen and oxygen atoms in total. The van der Waals surface area contributed by atoms with Crippen LogP contribution in [0.1, 0.15) is 20.7 Å². The summed E-state index contributed by atoms with van der Waals surface area (Å²) in [7, 11) is 1.42. The van der Waals surface area contributed by atoms with Crippen molar-refractivity contribution in [1.29, 1.82) is 0 Å². The molecule has 13 heteroatoms. The van der Waals surface area contributed by atoms with Crippen molar-refractivity contribution in [2.45, 2.75) is 6.10 Å². The number of anilines is 1. The van der Waals surface area contributed by atoms with Crippen LogP contribution in [0.4, 0.5) is 5.69 Å². The minimum Gasteiger partial charge on any atom is -0.395 e. The average Bonchev–Trinajstić information content (AvgIpc) is 2.70. The van der Waals surface area contributed by atoms with Crippen LogP contribution in [0.15, 0.2) is 0 Å². The summed E-state index contributed by atoms with van der Waals surface area (Å²) in [4.78, 5) is 38.7. The number of amides is 3. The van der Waals surface area contributed by atoms with Gasteiger partial charge in [0, 0.05) is 23.7 Å². The second kappa shape index (κ2) is 12.5. The summed E-state index contributed by atoms with van der Waals surface area (Å²) in [5.74, 6) is -1.81. The Balaban J connectivity index is 3.74. The SMILES string of the molecule is CNC(=O)c1c(I)c(C(=O)NCC(O)CO)c(I)c(N(CCO)C(=O)CO)c1I. The molecule has 162 valence electrons. The fourth-order valence-electron chi connectivity index (χ4n) is 2.32. The highest BCUT2D eigenvalue weighted by Gasteiger charge is 2.31. The van der Waals surface area contributed by atoms with Crippen LogP contribution >= 0.6 is 67.8 Å². The Bertz CT molecular complexity index is 792. The van der Waals surface area contributed by atoms with Gasteiger partial charge >= 0.3 is 0 Å². The second-order valence-electron chi connectivity index (χ2n) is 5.59. The Morgan fingerprint density at radius 2 is 1.55 bits per heavy atom.